The molecule has 0 bridgehead atoms. The Morgan fingerprint density at radius 3 is 2.75 bits per heavy atom. The van der Waals surface area contributed by atoms with Crippen molar-refractivity contribution in [2.75, 3.05) is 32.8 Å². The molecule has 24 heavy (non-hydrogen) atoms. The zero-order chi connectivity index (χ0) is 16.8. The fourth-order valence-electron chi connectivity index (χ4n) is 2.93. The highest BCUT2D eigenvalue weighted by Gasteiger charge is 2.21. The molecule has 1 aromatic carbocycles. The van der Waals surface area contributed by atoms with Gasteiger partial charge in [0.1, 0.15) is 4.88 Å². The topological polar surface area (TPSA) is 54.5 Å². The van der Waals surface area contributed by atoms with E-state index in [9.17, 15) is 4.79 Å². The lowest BCUT2D eigenvalue weighted by Gasteiger charge is -2.31. The Balaban J connectivity index is 1.68. The van der Waals surface area contributed by atoms with E-state index in [0.717, 1.165) is 45.0 Å². The number of morpholine rings is 1. The summed E-state index contributed by atoms with van der Waals surface area (Å²) in [5, 5.41) is 3.21. The molecular weight excluding hydrogens is 322 g/mol. The Kier molecular flexibility index (Phi) is 5.96. The molecule has 0 saturated carbocycles. The third kappa shape index (κ3) is 4.63. The molecule has 2 heterocycles. The van der Waals surface area contributed by atoms with Gasteiger partial charge in [-0.3, -0.25) is 9.69 Å². The molecule has 0 radical (unpaired) electrons. The predicted molar refractivity (Wildman–Crippen MR) is 95.5 cm³/mol. The summed E-state index contributed by atoms with van der Waals surface area (Å²) in [5.74, 6) is -0.0239. The van der Waals surface area contributed by atoms with Crippen molar-refractivity contribution in [3.63, 3.8) is 0 Å². The second-order valence-electron chi connectivity index (χ2n) is 6.04. The first kappa shape index (κ1) is 17.1. The molecule has 1 aromatic heterocycles. The molecule has 0 unspecified atom stereocenters. The number of benzene rings is 1. The van der Waals surface area contributed by atoms with Crippen molar-refractivity contribution < 1.29 is 9.53 Å². The van der Waals surface area contributed by atoms with Crippen LogP contribution in [0.4, 0.5) is 0 Å². The van der Waals surface area contributed by atoms with Crippen LogP contribution in [0, 0.1) is 6.92 Å². The summed E-state index contributed by atoms with van der Waals surface area (Å²) in [5.41, 5.74) is 3.75. The third-order valence-corrected chi connectivity index (χ3v) is 5.12. The number of hydrogen-bond donors (Lipinski definition) is 1. The summed E-state index contributed by atoms with van der Waals surface area (Å²) in [6, 6.07) is 10.4. The van der Waals surface area contributed by atoms with Gasteiger partial charge >= 0.3 is 0 Å². The van der Waals surface area contributed by atoms with Gasteiger partial charge in [-0.15, -0.1) is 11.3 Å². The van der Waals surface area contributed by atoms with Gasteiger partial charge in [-0.25, -0.2) is 4.98 Å². The summed E-state index contributed by atoms with van der Waals surface area (Å²) in [6.07, 6.45) is 0.821. The first-order valence-electron chi connectivity index (χ1n) is 8.27. The standard InChI is InChI=1S/C18H23N3O2S/c1-14-17(24-13-19-14)18(22)20-16(11-15-5-3-2-4-6-15)12-21-7-9-23-10-8-21/h2-6,13,16H,7-12H2,1H3,(H,20,22)/t16-/m1/s1. The highest BCUT2D eigenvalue weighted by atomic mass is 32.1. The maximum atomic E-state index is 12.6. The summed E-state index contributed by atoms with van der Waals surface area (Å²) in [4.78, 5) is 19.8. The van der Waals surface area contributed by atoms with E-state index in [4.69, 9.17) is 4.74 Å². The van der Waals surface area contributed by atoms with E-state index in [2.05, 4.69) is 27.3 Å². The molecule has 1 fully saturated rings. The second kappa shape index (κ2) is 8.37. The molecule has 0 spiro atoms. The molecular formula is C18H23N3O2S. The number of thiazole rings is 1. The van der Waals surface area contributed by atoms with Crippen LogP contribution in [-0.2, 0) is 11.2 Å². The number of rotatable bonds is 6. The number of hydrogen-bond acceptors (Lipinski definition) is 5. The maximum absolute atomic E-state index is 12.6. The van der Waals surface area contributed by atoms with E-state index < -0.39 is 0 Å². The Hall–Kier alpha value is -1.76. The highest BCUT2D eigenvalue weighted by Crippen LogP contribution is 2.13. The lowest BCUT2D eigenvalue weighted by Crippen LogP contribution is -2.48. The van der Waals surface area contributed by atoms with Gasteiger partial charge in [0.05, 0.1) is 24.4 Å². The third-order valence-electron chi connectivity index (χ3n) is 4.19. The fourth-order valence-corrected chi connectivity index (χ4v) is 3.63. The molecule has 6 heteroatoms. The first-order valence-corrected chi connectivity index (χ1v) is 9.15. The van der Waals surface area contributed by atoms with Crippen LogP contribution in [0.5, 0.6) is 0 Å². The SMILES string of the molecule is Cc1ncsc1C(=O)N[C@H](Cc1ccccc1)CN1CCOCC1. The smallest absolute Gasteiger partial charge is 0.263 e. The van der Waals surface area contributed by atoms with Gasteiger partial charge in [-0.1, -0.05) is 30.3 Å². The van der Waals surface area contributed by atoms with Crippen LogP contribution >= 0.6 is 11.3 Å². The molecule has 3 rings (SSSR count). The van der Waals surface area contributed by atoms with Crippen LogP contribution in [0.25, 0.3) is 0 Å². The Labute approximate surface area is 146 Å². The van der Waals surface area contributed by atoms with Crippen molar-refractivity contribution in [3.05, 3.63) is 52.0 Å². The molecule has 1 saturated heterocycles. The van der Waals surface area contributed by atoms with Crippen LogP contribution in [0.15, 0.2) is 35.8 Å². The zero-order valence-corrected chi connectivity index (χ0v) is 14.7. The van der Waals surface area contributed by atoms with Crippen molar-refractivity contribution in [1.29, 1.82) is 0 Å². The van der Waals surface area contributed by atoms with Crippen LogP contribution in [0.1, 0.15) is 20.9 Å². The van der Waals surface area contributed by atoms with E-state index in [0.29, 0.717) is 4.88 Å². The van der Waals surface area contributed by atoms with Crippen molar-refractivity contribution >= 4 is 17.2 Å². The summed E-state index contributed by atoms with van der Waals surface area (Å²) in [7, 11) is 0. The molecule has 1 aliphatic rings. The quantitative estimate of drug-likeness (QED) is 0.871. The van der Waals surface area contributed by atoms with Crippen molar-refractivity contribution in [2.24, 2.45) is 0 Å². The van der Waals surface area contributed by atoms with Gasteiger partial charge in [-0.05, 0) is 18.9 Å². The average molecular weight is 345 g/mol. The number of nitrogens with zero attached hydrogens (tertiary/aromatic N) is 2. The number of aryl methyl sites for hydroxylation is 1. The summed E-state index contributed by atoms with van der Waals surface area (Å²) in [6.45, 7) is 6.07. The predicted octanol–water partition coefficient (Wildman–Crippen LogP) is 2.12. The van der Waals surface area contributed by atoms with E-state index in [1.165, 1.54) is 16.9 Å². The van der Waals surface area contributed by atoms with Gasteiger partial charge in [0, 0.05) is 25.7 Å². The van der Waals surface area contributed by atoms with Gasteiger partial charge in [0.2, 0.25) is 0 Å². The van der Waals surface area contributed by atoms with E-state index in [1.54, 1.807) is 5.51 Å². The number of nitrogens with one attached hydrogen (secondary N) is 1. The number of ether oxygens (including phenoxy) is 1. The largest absolute Gasteiger partial charge is 0.379 e. The molecule has 5 nitrogen and oxygen atoms in total. The normalized spacial score (nSPS) is 16.7. The van der Waals surface area contributed by atoms with Gasteiger partial charge in [0.15, 0.2) is 0 Å². The first-order chi connectivity index (χ1) is 11.7. The lowest BCUT2D eigenvalue weighted by molar-refractivity contribution is 0.0334. The van der Waals surface area contributed by atoms with Gasteiger partial charge < -0.3 is 10.1 Å². The summed E-state index contributed by atoms with van der Waals surface area (Å²) >= 11 is 1.40. The summed E-state index contributed by atoms with van der Waals surface area (Å²) < 4.78 is 5.42. The molecule has 1 N–H and O–H groups in total. The molecule has 1 aliphatic heterocycles. The van der Waals surface area contributed by atoms with Gasteiger partial charge in [-0.2, -0.15) is 0 Å². The number of carbonyl (C=O) groups excluding carboxylic acids is 1. The maximum Gasteiger partial charge on any atom is 0.263 e. The number of carbonyl (C=O) groups is 1. The van der Waals surface area contributed by atoms with Crippen molar-refractivity contribution in [1.82, 2.24) is 15.2 Å². The Morgan fingerprint density at radius 1 is 1.33 bits per heavy atom. The average Bonchev–Trinajstić information content (AvgIpc) is 3.03. The second-order valence-corrected chi connectivity index (χ2v) is 6.89. The molecule has 1 amide bonds. The fraction of sp³-hybridized carbons (Fsp3) is 0.444. The lowest BCUT2D eigenvalue weighted by atomic mass is 10.0. The molecule has 0 aliphatic carbocycles. The molecule has 128 valence electrons. The molecule has 1 atom stereocenters. The van der Waals surface area contributed by atoms with E-state index in [-0.39, 0.29) is 11.9 Å². The minimum Gasteiger partial charge on any atom is -0.379 e. The van der Waals surface area contributed by atoms with Crippen LogP contribution in [-0.4, -0.2) is 54.7 Å². The van der Waals surface area contributed by atoms with Crippen LogP contribution in [0.3, 0.4) is 0 Å². The monoisotopic (exact) mass is 345 g/mol. The Morgan fingerprint density at radius 2 is 2.08 bits per heavy atom. The van der Waals surface area contributed by atoms with E-state index >= 15 is 0 Å². The van der Waals surface area contributed by atoms with Crippen LogP contribution < -0.4 is 5.32 Å². The van der Waals surface area contributed by atoms with E-state index in [1.807, 2.05) is 25.1 Å². The van der Waals surface area contributed by atoms with Crippen molar-refractivity contribution in [2.45, 2.75) is 19.4 Å². The minimum absolute atomic E-state index is 0.0239. The zero-order valence-electron chi connectivity index (χ0n) is 13.9. The Bertz CT molecular complexity index is 653. The molecule has 2 aromatic rings. The highest BCUT2D eigenvalue weighted by molar-refractivity contribution is 7.11. The minimum atomic E-state index is -0.0239. The number of aromatic nitrogens is 1. The number of amides is 1. The van der Waals surface area contributed by atoms with Gasteiger partial charge in [0.25, 0.3) is 5.91 Å². The van der Waals surface area contributed by atoms with Crippen molar-refractivity contribution in [3.8, 4) is 0 Å². The van der Waals surface area contributed by atoms with Crippen LogP contribution in [0.2, 0.25) is 0 Å².